The second kappa shape index (κ2) is 16.9. The van der Waals surface area contributed by atoms with Gasteiger partial charge in [-0.15, -0.1) is 0 Å². The summed E-state index contributed by atoms with van der Waals surface area (Å²) in [4.78, 5) is 0. The van der Waals surface area contributed by atoms with E-state index in [-0.39, 0.29) is 0 Å². The molecule has 0 radical (unpaired) electrons. The van der Waals surface area contributed by atoms with Gasteiger partial charge in [0.1, 0.15) is 0 Å². The number of thioether (sulfide) groups is 2. The third-order valence-electron chi connectivity index (χ3n) is 2.60. The van der Waals surface area contributed by atoms with Crippen molar-refractivity contribution in [2.45, 2.75) is 0 Å². The average Bonchev–Trinajstić information content (AvgIpc) is 2.50. The first-order valence-electron chi connectivity index (χ1n) is 7.54. The van der Waals surface area contributed by atoms with E-state index in [4.69, 9.17) is 23.7 Å². The highest BCUT2D eigenvalue weighted by Gasteiger charge is 1.96. The highest BCUT2D eigenvalue weighted by Crippen LogP contribution is 2.06. The first kappa shape index (κ1) is 19.5. The molecular weight excluding hydrogens is 312 g/mol. The fourth-order valence-corrected chi connectivity index (χ4v) is 3.36. The van der Waals surface area contributed by atoms with E-state index in [1.54, 1.807) is 0 Å². The fourth-order valence-electron chi connectivity index (χ4n) is 1.54. The van der Waals surface area contributed by atoms with Gasteiger partial charge in [0.25, 0.3) is 0 Å². The van der Waals surface area contributed by atoms with Crippen LogP contribution in [0.5, 0.6) is 0 Å². The van der Waals surface area contributed by atoms with Gasteiger partial charge in [0.2, 0.25) is 0 Å². The van der Waals surface area contributed by atoms with Crippen LogP contribution in [-0.2, 0) is 23.7 Å². The topological polar surface area (TPSA) is 46.2 Å². The molecule has 1 heterocycles. The van der Waals surface area contributed by atoms with Crippen molar-refractivity contribution in [2.75, 3.05) is 89.1 Å². The van der Waals surface area contributed by atoms with Crippen molar-refractivity contribution in [3.8, 4) is 0 Å². The van der Waals surface area contributed by atoms with Gasteiger partial charge in [-0.25, -0.2) is 0 Å². The Kier molecular flexibility index (Phi) is 15.7. The molecule has 0 aromatic rings. The van der Waals surface area contributed by atoms with Crippen LogP contribution in [0, 0.1) is 0 Å². The molecule has 1 rings (SSSR count). The number of ether oxygens (including phenoxy) is 5. The summed E-state index contributed by atoms with van der Waals surface area (Å²) >= 11 is 3.88. The van der Waals surface area contributed by atoms with E-state index in [0.717, 1.165) is 24.7 Å². The molecule has 0 spiro atoms. The Labute approximate surface area is 136 Å². The summed E-state index contributed by atoms with van der Waals surface area (Å²) in [6, 6.07) is 0. The normalized spacial score (nSPS) is 24.0. The second-order valence-corrected chi connectivity index (χ2v) is 6.74. The quantitative estimate of drug-likeness (QED) is 0.663. The predicted octanol–water partition coefficient (Wildman–Crippen LogP) is 1.55. The van der Waals surface area contributed by atoms with Gasteiger partial charge >= 0.3 is 0 Å². The molecule has 0 aromatic carbocycles. The minimum Gasteiger partial charge on any atom is -0.378 e. The van der Waals surface area contributed by atoms with Crippen molar-refractivity contribution in [1.29, 1.82) is 0 Å². The van der Waals surface area contributed by atoms with Crippen LogP contribution >= 0.6 is 23.5 Å². The predicted molar refractivity (Wildman–Crippen MR) is 88.7 cm³/mol. The Morgan fingerprint density at radius 3 is 0.952 bits per heavy atom. The van der Waals surface area contributed by atoms with Crippen molar-refractivity contribution in [2.24, 2.45) is 0 Å². The minimum atomic E-state index is 0.604. The van der Waals surface area contributed by atoms with Crippen LogP contribution in [0.25, 0.3) is 0 Å². The van der Waals surface area contributed by atoms with Gasteiger partial charge < -0.3 is 23.7 Å². The molecule has 0 unspecified atom stereocenters. The summed E-state index contributed by atoms with van der Waals surface area (Å²) in [6.45, 7) is 6.63. The van der Waals surface area contributed by atoms with Gasteiger partial charge in [0.15, 0.2) is 0 Å². The van der Waals surface area contributed by atoms with Gasteiger partial charge in [0.05, 0.1) is 66.1 Å². The molecule has 0 saturated carbocycles. The molecule has 7 heteroatoms. The van der Waals surface area contributed by atoms with Crippen LogP contribution < -0.4 is 0 Å². The smallest absolute Gasteiger partial charge is 0.0701 e. The molecule has 0 N–H and O–H groups in total. The van der Waals surface area contributed by atoms with Gasteiger partial charge in [-0.1, -0.05) is 0 Å². The lowest BCUT2D eigenvalue weighted by Gasteiger charge is -2.07. The lowest BCUT2D eigenvalue weighted by atomic mass is 10.7. The van der Waals surface area contributed by atoms with Crippen molar-refractivity contribution in [3.63, 3.8) is 0 Å². The van der Waals surface area contributed by atoms with Crippen molar-refractivity contribution in [1.82, 2.24) is 0 Å². The Balaban J connectivity index is 2.00. The van der Waals surface area contributed by atoms with E-state index in [0.29, 0.717) is 52.9 Å². The molecular formula is C14H28O5S2. The fraction of sp³-hybridized carbons (Fsp3) is 1.00. The van der Waals surface area contributed by atoms with E-state index in [2.05, 4.69) is 0 Å². The zero-order chi connectivity index (χ0) is 14.8. The van der Waals surface area contributed by atoms with E-state index in [1.807, 2.05) is 23.5 Å². The zero-order valence-electron chi connectivity index (χ0n) is 12.8. The Morgan fingerprint density at radius 1 is 0.333 bits per heavy atom. The van der Waals surface area contributed by atoms with Crippen molar-refractivity contribution < 1.29 is 23.7 Å². The van der Waals surface area contributed by atoms with Crippen LogP contribution in [-0.4, -0.2) is 89.1 Å². The number of rotatable bonds is 0. The second-order valence-electron chi connectivity index (χ2n) is 4.29. The maximum Gasteiger partial charge on any atom is 0.0701 e. The molecule has 1 aliphatic rings. The standard InChI is InChI=1S/C14H28O5S2/c1-3-16-5-7-18-9-11-20-13-14-21-12-10-19-8-6-17-4-2-15-1/h1-14H2. The summed E-state index contributed by atoms with van der Waals surface area (Å²) in [7, 11) is 0. The molecule has 1 aliphatic heterocycles. The Bertz CT molecular complexity index is 118. The Morgan fingerprint density at radius 2 is 0.619 bits per heavy atom. The molecule has 0 aromatic heterocycles. The monoisotopic (exact) mass is 340 g/mol. The van der Waals surface area contributed by atoms with Crippen LogP contribution in [0.15, 0.2) is 0 Å². The van der Waals surface area contributed by atoms with Crippen LogP contribution in [0.1, 0.15) is 0 Å². The molecule has 1 fully saturated rings. The maximum atomic E-state index is 5.50. The summed E-state index contributed by atoms with van der Waals surface area (Å²) < 4.78 is 27.2. The van der Waals surface area contributed by atoms with Gasteiger partial charge in [-0.2, -0.15) is 23.5 Å². The first-order chi connectivity index (χ1) is 10.5. The number of hydrogen-bond acceptors (Lipinski definition) is 7. The van der Waals surface area contributed by atoms with Gasteiger partial charge in [0, 0.05) is 23.0 Å². The lowest BCUT2D eigenvalue weighted by Crippen LogP contribution is -2.13. The van der Waals surface area contributed by atoms with E-state index in [1.165, 1.54) is 11.5 Å². The first-order valence-corrected chi connectivity index (χ1v) is 9.85. The summed E-state index contributed by atoms with van der Waals surface area (Å²) in [5.74, 6) is 4.45. The zero-order valence-corrected chi connectivity index (χ0v) is 14.4. The lowest BCUT2D eigenvalue weighted by molar-refractivity contribution is -0.00902. The SMILES string of the molecule is C1COCCOCCSCCSCCOCCOCCO1. The highest BCUT2D eigenvalue weighted by atomic mass is 32.2. The summed E-state index contributed by atoms with van der Waals surface area (Å²) in [6.07, 6.45) is 0. The summed E-state index contributed by atoms with van der Waals surface area (Å²) in [5, 5.41) is 0. The molecule has 0 bridgehead atoms. The molecule has 21 heavy (non-hydrogen) atoms. The molecule has 126 valence electrons. The molecule has 5 nitrogen and oxygen atoms in total. The molecule has 0 atom stereocenters. The number of hydrogen-bond donors (Lipinski definition) is 0. The average molecular weight is 341 g/mol. The summed E-state index contributed by atoms with van der Waals surface area (Å²) in [5.41, 5.74) is 0. The molecule has 0 amide bonds. The van der Waals surface area contributed by atoms with E-state index in [9.17, 15) is 0 Å². The minimum absolute atomic E-state index is 0.604. The van der Waals surface area contributed by atoms with Crippen molar-refractivity contribution >= 4 is 23.5 Å². The van der Waals surface area contributed by atoms with E-state index >= 15 is 0 Å². The largest absolute Gasteiger partial charge is 0.378 e. The van der Waals surface area contributed by atoms with Crippen LogP contribution in [0.4, 0.5) is 0 Å². The van der Waals surface area contributed by atoms with Crippen molar-refractivity contribution in [3.05, 3.63) is 0 Å². The molecule has 0 aliphatic carbocycles. The van der Waals surface area contributed by atoms with Gasteiger partial charge in [-0.3, -0.25) is 0 Å². The third-order valence-corrected chi connectivity index (χ3v) is 4.76. The highest BCUT2D eigenvalue weighted by molar-refractivity contribution is 8.02. The Hall–Kier alpha value is 0.500. The van der Waals surface area contributed by atoms with Crippen LogP contribution in [0.3, 0.4) is 0 Å². The van der Waals surface area contributed by atoms with Gasteiger partial charge in [-0.05, 0) is 0 Å². The molecule has 1 saturated heterocycles. The maximum absolute atomic E-state index is 5.50. The third kappa shape index (κ3) is 15.2. The van der Waals surface area contributed by atoms with E-state index < -0.39 is 0 Å². The van der Waals surface area contributed by atoms with Crippen LogP contribution in [0.2, 0.25) is 0 Å².